The van der Waals surface area contributed by atoms with E-state index in [4.69, 9.17) is 5.84 Å². The Bertz CT molecular complexity index is 345. The van der Waals surface area contributed by atoms with E-state index in [1.54, 1.807) is 10.4 Å². The van der Waals surface area contributed by atoms with Gasteiger partial charge in [-0.05, 0) is 49.7 Å². The van der Waals surface area contributed by atoms with E-state index in [9.17, 15) is 0 Å². The lowest BCUT2D eigenvalue weighted by atomic mass is 9.98. The minimum atomic E-state index is 0.406. The van der Waals surface area contributed by atoms with Crippen molar-refractivity contribution < 1.29 is 0 Å². The monoisotopic (exact) mass is 236 g/mol. The Labute approximate surface area is 101 Å². The normalized spacial score (nSPS) is 21.8. The summed E-state index contributed by atoms with van der Waals surface area (Å²) in [6, 6.07) is 2.81. The number of fused-ring (bicyclic) bond motifs is 1. The second kappa shape index (κ2) is 4.47. The van der Waals surface area contributed by atoms with Crippen LogP contribution in [0.25, 0.3) is 0 Å². The maximum Gasteiger partial charge on any atom is 0.0556 e. The number of hydrogen-bond donors (Lipinski definition) is 2. The predicted octanol–water partition coefficient (Wildman–Crippen LogP) is 2.93. The average Bonchev–Trinajstić information content (AvgIpc) is 3.02. The zero-order chi connectivity index (χ0) is 11.0. The SMILES string of the molecule is NNC(CC1CC1)c1cc2c(s1)CCCC2. The van der Waals surface area contributed by atoms with Gasteiger partial charge in [-0.1, -0.05) is 12.8 Å². The molecule has 1 saturated carbocycles. The summed E-state index contributed by atoms with van der Waals surface area (Å²) in [6.45, 7) is 0. The first kappa shape index (κ1) is 10.8. The van der Waals surface area contributed by atoms with Gasteiger partial charge in [0, 0.05) is 9.75 Å². The smallest absolute Gasteiger partial charge is 0.0556 e. The van der Waals surface area contributed by atoms with Crippen LogP contribution >= 0.6 is 11.3 Å². The van der Waals surface area contributed by atoms with E-state index >= 15 is 0 Å². The van der Waals surface area contributed by atoms with Gasteiger partial charge in [-0.2, -0.15) is 0 Å². The molecule has 1 aromatic rings. The van der Waals surface area contributed by atoms with Crippen LogP contribution in [0.2, 0.25) is 0 Å². The van der Waals surface area contributed by atoms with Crippen LogP contribution in [0.15, 0.2) is 6.07 Å². The van der Waals surface area contributed by atoms with Crippen LogP contribution in [-0.4, -0.2) is 0 Å². The Morgan fingerprint density at radius 2 is 2.19 bits per heavy atom. The summed E-state index contributed by atoms with van der Waals surface area (Å²) in [4.78, 5) is 3.10. The van der Waals surface area contributed by atoms with Gasteiger partial charge in [-0.15, -0.1) is 11.3 Å². The van der Waals surface area contributed by atoms with Crippen molar-refractivity contribution in [3.8, 4) is 0 Å². The molecule has 1 aromatic heterocycles. The number of hydrogen-bond acceptors (Lipinski definition) is 3. The average molecular weight is 236 g/mol. The molecule has 0 aliphatic heterocycles. The van der Waals surface area contributed by atoms with Gasteiger partial charge in [-0.3, -0.25) is 11.3 Å². The standard InChI is InChI=1S/C13H20N2S/c14-15-11(7-9-5-6-9)13-8-10-3-1-2-4-12(10)16-13/h8-9,11,15H,1-7,14H2. The number of nitrogens with two attached hydrogens (primary N) is 1. The highest BCUT2D eigenvalue weighted by atomic mass is 32.1. The van der Waals surface area contributed by atoms with Gasteiger partial charge >= 0.3 is 0 Å². The molecule has 1 unspecified atom stereocenters. The van der Waals surface area contributed by atoms with Gasteiger partial charge in [0.1, 0.15) is 0 Å². The van der Waals surface area contributed by atoms with Crippen molar-refractivity contribution >= 4 is 11.3 Å². The molecule has 1 heterocycles. The molecule has 0 aromatic carbocycles. The van der Waals surface area contributed by atoms with Crippen LogP contribution in [-0.2, 0) is 12.8 Å². The van der Waals surface area contributed by atoms with E-state index in [0.717, 1.165) is 5.92 Å². The Balaban J connectivity index is 1.77. The van der Waals surface area contributed by atoms with E-state index in [0.29, 0.717) is 6.04 Å². The first-order chi connectivity index (χ1) is 7.86. The van der Waals surface area contributed by atoms with Crippen molar-refractivity contribution in [1.82, 2.24) is 5.43 Å². The zero-order valence-corrected chi connectivity index (χ0v) is 10.5. The maximum absolute atomic E-state index is 5.70. The molecule has 2 aliphatic rings. The summed E-state index contributed by atoms with van der Waals surface area (Å²) >= 11 is 2.00. The van der Waals surface area contributed by atoms with Gasteiger partial charge in [0.25, 0.3) is 0 Å². The highest BCUT2D eigenvalue weighted by Gasteiger charge is 2.27. The van der Waals surface area contributed by atoms with Crippen LogP contribution < -0.4 is 11.3 Å². The number of rotatable bonds is 4. The summed E-state index contributed by atoms with van der Waals surface area (Å²) in [5.41, 5.74) is 4.61. The Kier molecular flexibility index (Phi) is 3.01. The van der Waals surface area contributed by atoms with E-state index in [1.807, 2.05) is 11.3 Å². The van der Waals surface area contributed by atoms with Crippen molar-refractivity contribution in [2.45, 2.75) is 51.0 Å². The number of aryl methyl sites for hydroxylation is 2. The molecule has 1 fully saturated rings. The highest BCUT2D eigenvalue weighted by Crippen LogP contribution is 2.40. The summed E-state index contributed by atoms with van der Waals surface area (Å²) in [7, 11) is 0. The Morgan fingerprint density at radius 1 is 1.38 bits per heavy atom. The van der Waals surface area contributed by atoms with Crippen LogP contribution in [0, 0.1) is 5.92 Å². The Morgan fingerprint density at radius 3 is 2.88 bits per heavy atom. The Hall–Kier alpha value is -0.380. The number of thiophene rings is 1. The van der Waals surface area contributed by atoms with E-state index in [2.05, 4.69) is 11.5 Å². The van der Waals surface area contributed by atoms with Crippen molar-refractivity contribution in [3.63, 3.8) is 0 Å². The first-order valence-corrected chi connectivity index (χ1v) is 7.26. The minimum Gasteiger partial charge on any atom is -0.271 e. The van der Waals surface area contributed by atoms with Crippen LogP contribution in [0.4, 0.5) is 0 Å². The first-order valence-electron chi connectivity index (χ1n) is 6.44. The van der Waals surface area contributed by atoms with E-state index in [1.165, 1.54) is 49.8 Å². The lowest BCUT2D eigenvalue weighted by Crippen LogP contribution is -2.27. The quantitative estimate of drug-likeness (QED) is 0.623. The third-order valence-corrected chi connectivity index (χ3v) is 5.18. The second-order valence-electron chi connectivity index (χ2n) is 5.20. The molecule has 3 N–H and O–H groups in total. The molecule has 88 valence electrons. The third-order valence-electron chi connectivity index (χ3n) is 3.83. The highest BCUT2D eigenvalue weighted by molar-refractivity contribution is 7.12. The molecule has 16 heavy (non-hydrogen) atoms. The fourth-order valence-corrected chi connectivity index (χ4v) is 3.97. The van der Waals surface area contributed by atoms with Crippen molar-refractivity contribution in [1.29, 1.82) is 0 Å². The summed E-state index contributed by atoms with van der Waals surface area (Å²) < 4.78 is 0. The molecular formula is C13H20N2S. The maximum atomic E-state index is 5.70. The fraction of sp³-hybridized carbons (Fsp3) is 0.692. The zero-order valence-electron chi connectivity index (χ0n) is 9.67. The molecule has 0 amide bonds. The van der Waals surface area contributed by atoms with Gasteiger partial charge < -0.3 is 0 Å². The molecule has 0 saturated heterocycles. The number of hydrazine groups is 1. The molecule has 1 atom stereocenters. The fourth-order valence-electron chi connectivity index (χ4n) is 2.64. The molecule has 0 radical (unpaired) electrons. The van der Waals surface area contributed by atoms with Crippen molar-refractivity contribution in [2.24, 2.45) is 11.8 Å². The predicted molar refractivity (Wildman–Crippen MR) is 68.4 cm³/mol. The largest absolute Gasteiger partial charge is 0.271 e. The molecule has 3 heteroatoms. The topological polar surface area (TPSA) is 38.0 Å². The van der Waals surface area contributed by atoms with Gasteiger partial charge in [0.15, 0.2) is 0 Å². The lowest BCUT2D eigenvalue weighted by Gasteiger charge is -2.13. The molecule has 0 spiro atoms. The van der Waals surface area contributed by atoms with Gasteiger partial charge in [0.05, 0.1) is 6.04 Å². The van der Waals surface area contributed by atoms with E-state index in [-0.39, 0.29) is 0 Å². The minimum absolute atomic E-state index is 0.406. The van der Waals surface area contributed by atoms with E-state index < -0.39 is 0 Å². The van der Waals surface area contributed by atoms with Gasteiger partial charge in [0.2, 0.25) is 0 Å². The summed E-state index contributed by atoms with van der Waals surface area (Å²) in [5, 5.41) is 0. The molecule has 3 rings (SSSR count). The van der Waals surface area contributed by atoms with Crippen molar-refractivity contribution in [2.75, 3.05) is 0 Å². The molecule has 2 aliphatic carbocycles. The lowest BCUT2D eigenvalue weighted by molar-refractivity contribution is 0.494. The summed E-state index contributed by atoms with van der Waals surface area (Å²) in [6.07, 6.45) is 9.36. The van der Waals surface area contributed by atoms with Crippen molar-refractivity contribution in [3.05, 3.63) is 21.4 Å². The van der Waals surface area contributed by atoms with Gasteiger partial charge in [-0.25, -0.2) is 0 Å². The molecule has 0 bridgehead atoms. The van der Waals surface area contributed by atoms with Crippen LogP contribution in [0.1, 0.15) is 53.5 Å². The van der Waals surface area contributed by atoms with Crippen LogP contribution in [0.3, 0.4) is 0 Å². The molecule has 2 nitrogen and oxygen atoms in total. The molecular weight excluding hydrogens is 216 g/mol. The second-order valence-corrected chi connectivity index (χ2v) is 6.37. The third kappa shape index (κ3) is 2.17. The number of nitrogens with one attached hydrogen (secondary N) is 1. The van der Waals surface area contributed by atoms with Crippen LogP contribution in [0.5, 0.6) is 0 Å². The summed E-state index contributed by atoms with van der Waals surface area (Å²) in [5.74, 6) is 6.63.